The van der Waals surface area contributed by atoms with Crippen LogP contribution in [0.1, 0.15) is 34.7 Å². The number of carbonyl (C=O) groups is 1. The Morgan fingerprint density at radius 1 is 0.968 bits per heavy atom. The van der Waals surface area contributed by atoms with E-state index in [0.29, 0.717) is 18.7 Å². The zero-order valence-corrected chi connectivity index (χ0v) is 19.8. The highest BCUT2D eigenvalue weighted by Gasteiger charge is 2.30. The summed E-state index contributed by atoms with van der Waals surface area (Å²) in [5.41, 5.74) is 4.74. The van der Waals surface area contributed by atoms with Crippen molar-refractivity contribution >= 4 is 15.9 Å². The van der Waals surface area contributed by atoms with E-state index in [2.05, 4.69) is 12.2 Å². The Morgan fingerprint density at radius 3 is 2.16 bits per heavy atom. The molecule has 0 radical (unpaired) electrons. The van der Waals surface area contributed by atoms with E-state index in [-0.39, 0.29) is 23.9 Å². The number of nitrogens with one attached hydrogen (secondary N) is 1. The first kappa shape index (κ1) is 23.4. The second kappa shape index (κ2) is 9.94. The van der Waals surface area contributed by atoms with Crippen LogP contribution in [0.4, 0.5) is 0 Å². The minimum absolute atomic E-state index is 0.156. The lowest BCUT2D eigenvalue weighted by atomic mass is 10.1. The van der Waals surface area contributed by atoms with E-state index in [1.165, 1.54) is 9.87 Å². The lowest BCUT2D eigenvalue weighted by Gasteiger charge is -2.30. The quantitative estimate of drug-likeness (QED) is 0.714. The van der Waals surface area contributed by atoms with Crippen molar-refractivity contribution in [1.29, 1.82) is 0 Å². The topological polar surface area (TPSA) is 69.7 Å². The molecule has 1 fully saturated rings. The van der Waals surface area contributed by atoms with E-state index < -0.39 is 10.0 Å². The highest BCUT2D eigenvalue weighted by Crippen LogP contribution is 2.25. The Bertz CT molecular complexity index is 1030. The van der Waals surface area contributed by atoms with E-state index in [1.54, 1.807) is 11.0 Å². The number of hydrogen-bond donors (Lipinski definition) is 1. The first-order valence-electron chi connectivity index (χ1n) is 10.9. The second-order valence-corrected chi connectivity index (χ2v) is 10.2. The average Bonchev–Trinajstić information content (AvgIpc) is 2.76. The zero-order valence-electron chi connectivity index (χ0n) is 18.9. The Balaban J connectivity index is 1.95. The summed E-state index contributed by atoms with van der Waals surface area (Å²) in [6.07, 6.45) is 0.922. The van der Waals surface area contributed by atoms with Crippen molar-refractivity contribution in [2.45, 2.75) is 45.6 Å². The van der Waals surface area contributed by atoms with E-state index in [1.807, 2.05) is 51.1 Å². The summed E-state index contributed by atoms with van der Waals surface area (Å²) in [4.78, 5) is 15.0. The van der Waals surface area contributed by atoms with Crippen LogP contribution >= 0.6 is 0 Å². The summed E-state index contributed by atoms with van der Waals surface area (Å²) < 4.78 is 28.7. The zero-order chi connectivity index (χ0) is 22.6. The number of hydrogen-bond acceptors (Lipinski definition) is 4. The van der Waals surface area contributed by atoms with E-state index >= 15 is 0 Å². The number of amides is 1. The Labute approximate surface area is 186 Å². The number of rotatable bonds is 7. The monoisotopic (exact) mass is 443 g/mol. The maximum absolute atomic E-state index is 13.7. The van der Waals surface area contributed by atoms with Crippen molar-refractivity contribution < 1.29 is 13.2 Å². The number of benzene rings is 2. The van der Waals surface area contributed by atoms with Gasteiger partial charge in [0, 0.05) is 32.7 Å². The molecule has 1 aliphatic rings. The molecule has 1 amide bonds. The highest BCUT2D eigenvalue weighted by atomic mass is 32.2. The predicted octanol–water partition coefficient (Wildman–Crippen LogP) is 2.80. The Hall–Kier alpha value is -2.22. The maximum Gasteiger partial charge on any atom is 0.244 e. The molecule has 1 heterocycles. The van der Waals surface area contributed by atoms with Crippen LogP contribution in [-0.2, 0) is 27.8 Å². The van der Waals surface area contributed by atoms with Crippen LogP contribution < -0.4 is 5.32 Å². The molecule has 0 spiro atoms. The van der Waals surface area contributed by atoms with Gasteiger partial charge in [0.25, 0.3) is 0 Å². The third kappa shape index (κ3) is 5.53. The van der Waals surface area contributed by atoms with Gasteiger partial charge in [0.05, 0.1) is 11.4 Å². The van der Waals surface area contributed by atoms with Gasteiger partial charge in [-0.3, -0.25) is 4.79 Å². The number of carbonyl (C=O) groups excluding carboxylic acids is 1. The summed E-state index contributed by atoms with van der Waals surface area (Å²) in [6.45, 7) is 10.4. The molecule has 1 saturated heterocycles. The maximum atomic E-state index is 13.7. The van der Waals surface area contributed by atoms with Crippen LogP contribution in [0.2, 0.25) is 0 Å². The molecule has 168 valence electrons. The molecule has 0 aromatic heterocycles. The molecule has 31 heavy (non-hydrogen) atoms. The normalized spacial score (nSPS) is 14.8. The number of piperazine rings is 1. The van der Waals surface area contributed by atoms with Gasteiger partial charge >= 0.3 is 0 Å². The lowest BCUT2D eigenvalue weighted by Crippen LogP contribution is -2.50. The number of aryl methyl sites for hydroxylation is 4. The fourth-order valence-electron chi connectivity index (χ4n) is 3.83. The molecular weight excluding hydrogens is 410 g/mol. The Kier molecular flexibility index (Phi) is 7.51. The SMILES string of the molecule is CCc1ccc(CN(CC(=O)N2CCNCC2)S(=O)(=O)c2cc(C)c(C)cc2C)cc1. The average molecular weight is 444 g/mol. The molecule has 2 aromatic rings. The standard InChI is InChI=1S/C24H33N3O3S/c1-5-21-6-8-22(9-7-21)16-27(17-24(28)26-12-10-25-11-13-26)31(29,30)23-15-19(3)18(2)14-20(23)4/h6-9,14-15,25H,5,10-13,16-17H2,1-4H3. The smallest absolute Gasteiger partial charge is 0.244 e. The van der Waals surface area contributed by atoms with Gasteiger partial charge in [0.1, 0.15) is 0 Å². The fourth-order valence-corrected chi connectivity index (χ4v) is 5.50. The number of nitrogens with zero attached hydrogens (tertiary/aromatic N) is 2. The molecule has 6 nitrogen and oxygen atoms in total. The van der Waals surface area contributed by atoms with Gasteiger partial charge in [-0.25, -0.2) is 8.42 Å². The van der Waals surface area contributed by atoms with Gasteiger partial charge in [-0.15, -0.1) is 0 Å². The van der Waals surface area contributed by atoms with Crippen molar-refractivity contribution in [2.24, 2.45) is 0 Å². The van der Waals surface area contributed by atoms with Crippen LogP contribution in [0.3, 0.4) is 0 Å². The van der Waals surface area contributed by atoms with Crippen molar-refractivity contribution in [3.63, 3.8) is 0 Å². The molecule has 0 saturated carbocycles. The van der Waals surface area contributed by atoms with Crippen molar-refractivity contribution in [3.8, 4) is 0 Å². The molecule has 3 rings (SSSR count). The Morgan fingerprint density at radius 2 is 1.55 bits per heavy atom. The summed E-state index contributed by atoms with van der Waals surface area (Å²) in [5.74, 6) is -0.156. The molecule has 0 aliphatic carbocycles. The summed E-state index contributed by atoms with van der Waals surface area (Å²) in [5, 5.41) is 3.22. The van der Waals surface area contributed by atoms with Crippen molar-refractivity contribution in [1.82, 2.24) is 14.5 Å². The molecule has 0 bridgehead atoms. The van der Waals surface area contributed by atoms with Crippen molar-refractivity contribution in [3.05, 3.63) is 64.2 Å². The van der Waals surface area contributed by atoms with Gasteiger partial charge in [0.2, 0.25) is 15.9 Å². The minimum atomic E-state index is -3.85. The third-order valence-corrected chi connectivity index (χ3v) is 7.91. The molecule has 0 atom stereocenters. The van der Waals surface area contributed by atoms with Crippen molar-refractivity contribution in [2.75, 3.05) is 32.7 Å². The largest absolute Gasteiger partial charge is 0.339 e. The van der Waals surface area contributed by atoms with E-state index in [0.717, 1.165) is 36.2 Å². The van der Waals surface area contributed by atoms with Crippen LogP contribution in [0, 0.1) is 20.8 Å². The van der Waals surface area contributed by atoms with Crippen LogP contribution in [0.15, 0.2) is 41.3 Å². The summed E-state index contributed by atoms with van der Waals surface area (Å²) in [7, 11) is -3.85. The third-order valence-electron chi connectivity index (χ3n) is 5.98. The molecule has 0 unspecified atom stereocenters. The number of sulfonamides is 1. The van der Waals surface area contributed by atoms with Crippen LogP contribution in [0.25, 0.3) is 0 Å². The van der Waals surface area contributed by atoms with Crippen LogP contribution in [-0.4, -0.2) is 56.3 Å². The first-order valence-corrected chi connectivity index (χ1v) is 12.3. The lowest BCUT2D eigenvalue weighted by molar-refractivity contribution is -0.132. The van der Waals surface area contributed by atoms with Crippen LogP contribution in [0.5, 0.6) is 0 Å². The molecule has 7 heteroatoms. The second-order valence-electron chi connectivity index (χ2n) is 8.28. The first-order chi connectivity index (χ1) is 14.7. The van der Waals surface area contributed by atoms with Gasteiger partial charge in [0.15, 0.2) is 0 Å². The minimum Gasteiger partial charge on any atom is -0.339 e. The van der Waals surface area contributed by atoms with Gasteiger partial charge < -0.3 is 10.2 Å². The molecule has 2 aromatic carbocycles. The van der Waals surface area contributed by atoms with E-state index in [4.69, 9.17) is 0 Å². The molecule has 1 aliphatic heterocycles. The van der Waals surface area contributed by atoms with Gasteiger partial charge in [-0.05, 0) is 61.1 Å². The van der Waals surface area contributed by atoms with Gasteiger partial charge in [-0.1, -0.05) is 37.3 Å². The van der Waals surface area contributed by atoms with E-state index in [9.17, 15) is 13.2 Å². The van der Waals surface area contributed by atoms with Gasteiger partial charge in [-0.2, -0.15) is 4.31 Å². The highest BCUT2D eigenvalue weighted by molar-refractivity contribution is 7.89. The molecule has 1 N–H and O–H groups in total. The fraction of sp³-hybridized carbons (Fsp3) is 0.458. The summed E-state index contributed by atoms with van der Waals surface area (Å²) in [6, 6.07) is 11.5. The summed E-state index contributed by atoms with van der Waals surface area (Å²) >= 11 is 0. The predicted molar refractivity (Wildman–Crippen MR) is 124 cm³/mol. The molecular formula is C24H33N3O3S.